The van der Waals surface area contributed by atoms with Crippen molar-refractivity contribution in [3.8, 4) is 0 Å². The van der Waals surface area contributed by atoms with Crippen molar-refractivity contribution >= 4 is 17.8 Å². The largest absolute Gasteiger partial charge is 0.591 e. The van der Waals surface area contributed by atoms with Crippen molar-refractivity contribution in [3.05, 3.63) is 40.6 Å². The van der Waals surface area contributed by atoms with E-state index >= 15 is 0 Å². The highest BCUT2D eigenvalue weighted by atomic mass is 16.8. The molecule has 24 heavy (non-hydrogen) atoms. The normalized spacial score (nSPS) is 22.0. The minimum absolute atomic E-state index is 0.280. The molecule has 1 saturated heterocycles. The first kappa shape index (κ1) is 16.5. The first-order valence-electron chi connectivity index (χ1n) is 7.37. The second-order valence-corrected chi connectivity index (χ2v) is 5.45. The molecule has 2 heterocycles. The zero-order valence-corrected chi connectivity index (χ0v) is 12.6. The van der Waals surface area contributed by atoms with Crippen molar-refractivity contribution in [1.82, 2.24) is 15.5 Å². The molecule has 128 valence electrons. The number of quaternary nitrogens is 1. The molecule has 3 rings (SSSR count). The molecule has 0 spiro atoms. The molecule has 0 aliphatic carbocycles. The number of imide groups is 1. The number of carbonyl (C=O) groups is 3. The van der Waals surface area contributed by atoms with E-state index in [1.165, 1.54) is 12.1 Å². The Labute approximate surface area is 136 Å². The van der Waals surface area contributed by atoms with E-state index in [2.05, 4.69) is 5.59 Å². The molecular formula is C14H16N4O6. The molecule has 2 atom stereocenters. The number of carbonyl (C=O) groups excluding carboxylic acids is 2. The first-order chi connectivity index (χ1) is 11.5. The van der Waals surface area contributed by atoms with Crippen molar-refractivity contribution < 1.29 is 29.6 Å². The Morgan fingerprint density at radius 3 is 2.54 bits per heavy atom. The third-order valence-electron chi connectivity index (χ3n) is 4.03. The molecule has 0 bridgehead atoms. The lowest BCUT2D eigenvalue weighted by Crippen LogP contribution is -3.20. The summed E-state index contributed by atoms with van der Waals surface area (Å²) in [5.41, 5.74) is 2.64. The maximum atomic E-state index is 12.1. The fraction of sp³-hybridized carbons (Fsp3) is 0.357. The van der Waals surface area contributed by atoms with Gasteiger partial charge in [-0.05, 0) is 30.6 Å². The number of hydrogen-bond donors (Lipinski definition) is 3. The van der Waals surface area contributed by atoms with E-state index in [1.54, 1.807) is 12.1 Å². The van der Waals surface area contributed by atoms with E-state index in [0.717, 1.165) is 9.91 Å². The van der Waals surface area contributed by atoms with Crippen LogP contribution < -0.4 is 10.9 Å². The molecule has 0 saturated carbocycles. The summed E-state index contributed by atoms with van der Waals surface area (Å²) >= 11 is 0. The Kier molecular flexibility index (Phi) is 4.55. The van der Waals surface area contributed by atoms with E-state index in [1.807, 2.05) is 0 Å². The Bertz CT molecular complexity index is 646. The average Bonchev–Trinajstić information content (AvgIpc) is 3.15. The van der Waals surface area contributed by atoms with Gasteiger partial charge in [0, 0.05) is 0 Å². The van der Waals surface area contributed by atoms with Gasteiger partial charge in [-0.25, -0.2) is 9.74 Å². The molecule has 1 unspecified atom stereocenters. The van der Waals surface area contributed by atoms with Crippen LogP contribution in [0.5, 0.6) is 0 Å². The van der Waals surface area contributed by atoms with Gasteiger partial charge in [-0.15, -0.1) is 5.01 Å². The highest BCUT2D eigenvalue weighted by Gasteiger charge is 2.37. The third kappa shape index (κ3) is 2.88. The van der Waals surface area contributed by atoms with Crippen LogP contribution in [0, 0.1) is 5.21 Å². The average molecular weight is 336 g/mol. The smallest absolute Gasteiger partial charge is 0.326 e. The summed E-state index contributed by atoms with van der Waals surface area (Å²) in [7, 11) is 0. The number of nitrogens with one attached hydrogen (secondary N) is 2. The van der Waals surface area contributed by atoms with E-state index in [9.17, 15) is 19.6 Å². The van der Waals surface area contributed by atoms with Gasteiger partial charge in [0.1, 0.15) is 0 Å². The minimum Gasteiger partial charge on any atom is -0.591 e. The Morgan fingerprint density at radius 2 is 1.96 bits per heavy atom. The van der Waals surface area contributed by atoms with Crippen molar-refractivity contribution in [2.24, 2.45) is 0 Å². The maximum Gasteiger partial charge on any atom is 0.326 e. The number of benzene rings is 1. The van der Waals surface area contributed by atoms with Crippen molar-refractivity contribution in [2.75, 3.05) is 13.3 Å². The maximum absolute atomic E-state index is 12.1. The lowest BCUT2D eigenvalue weighted by molar-refractivity contribution is -1.04. The molecule has 10 nitrogen and oxygen atoms in total. The van der Waals surface area contributed by atoms with Gasteiger partial charge in [-0.1, -0.05) is 12.1 Å². The van der Waals surface area contributed by atoms with Crippen LogP contribution in [0.4, 0.5) is 0 Å². The Balaban J connectivity index is 1.55. The molecule has 1 aromatic rings. The molecular weight excluding hydrogens is 320 g/mol. The molecule has 3 N–H and O–H groups in total. The van der Waals surface area contributed by atoms with Gasteiger partial charge in [0.05, 0.1) is 17.7 Å². The zero-order chi connectivity index (χ0) is 17.3. The minimum atomic E-state index is -1.08. The summed E-state index contributed by atoms with van der Waals surface area (Å²) in [4.78, 5) is 41.1. The fourth-order valence-corrected chi connectivity index (χ4v) is 2.84. The molecule has 1 aromatic carbocycles. The monoisotopic (exact) mass is 336 g/mol. The van der Waals surface area contributed by atoms with Crippen LogP contribution in [0.25, 0.3) is 0 Å². The van der Waals surface area contributed by atoms with Gasteiger partial charge >= 0.3 is 5.97 Å². The van der Waals surface area contributed by atoms with Gasteiger partial charge in [0.25, 0.3) is 11.8 Å². The van der Waals surface area contributed by atoms with Gasteiger partial charge in [-0.3, -0.25) is 14.4 Å². The third-order valence-corrected chi connectivity index (χ3v) is 4.03. The van der Waals surface area contributed by atoms with Crippen LogP contribution in [-0.4, -0.2) is 52.1 Å². The van der Waals surface area contributed by atoms with E-state index in [4.69, 9.17) is 9.94 Å². The summed E-state index contributed by atoms with van der Waals surface area (Å²) in [6, 6.07) is 5.48. The van der Waals surface area contributed by atoms with Gasteiger partial charge in [0.2, 0.25) is 0 Å². The lowest BCUT2D eigenvalue weighted by Gasteiger charge is -2.31. The Morgan fingerprint density at radius 1 is 1.33 bits per heavy atom. The number of hydrogen-bond acceptors (Lipinski definition) is 7. The molecule has 2 amide bonds. The van der Waals surface area contributed by atoms with Crippen LogP contribution in [0.3, 0.4) is 0 Å². The van der Waals surface area contributed by atoms with Crippen LogP contribution >= 0.6 is 0 Å². The summed E-state index contributed by atoms with van der Waals surface area (Å²) < 4.78 is 0. The Hall–Kier alpha value is -2.37. The lowest BCUT2D eigenvalue weighted by atomic mass is 10.1. The van der Waals surface area contributed by atoms with Crippen LogP contribution in [0.1, 0.15) is 33.6 Å². The number of fused-ring (bicyclic) bond motifs is 1. The number of rotatable bonds is 6. The number of carboxylic acids is 1. The highest BCUT2D eigenvalue weighted by Crippen LogP contribution is 2.21. The molecule has 1 fully saturated rings. The molecule has 10 heteroatoms. The van der Waals surface area contributed by atoms with Crippen LogP contribution in [-0.2, 0) is 9.63 Å². The second kappa shape index (κ2) is 6.63. The second-order valence-electron chi connectivity index (χ2n) is 5.45. The van der Waals surface area contributed by atoms with Crippen LogP contribution in [0.15, 0.2) is 24.3 Å². The van der Waals surface area contributed by atoms with Gasteiger partial charge in [0.15, 0.2) is 12.8 Å². The number of nitrogens with zero attached hydrogens (tertiary/aromatic N) is 2. The fourth-order valence-electron chi connectivity index (χ4n) is 2.84. The van der Waals surface area contributed by atoms with Gasteiger partial charge < -0.3 is 10.3 Å². The van der Waals surface area contributed by atoms with E-state index < -0.39 is 35.8 Å². The zero-order valence-electron chi connectivity index (χ0n) is 12.6. The van der Waals surface area contributed by atoms with E-state index in [0.29, 0.717) is 19.4 Å². The predicted molar refractivity (Wildman–Crippen MR) is 77.7 cm³/mol. The highest BCUT2D eigenvalue weighted by molar-refractivity contribution is 6.21. The summed E-state index contributed by atoms with van der Waals surface area (Å²) in [6.07, 6.45) is 0.962. The predicted octanol–water partition coefficient (Wildman–Crippen LogP) is -1.48. The topological polar surface area (TPSA) is 127 Å². The van der Waals surface area contributed by atoms with Crippen molar-refractivity contribution in [1.29, 1.82) is 0 Å². The van der Waals surface area contributed by atoms with Crippen LogP contribution in [0.2, 0.25) is 0 Å². The van der Waals surface area contributed by atoms with Gasteiger partial charge in [-0.2, -0.15) is 5.28 Å². The van der Waals surface area contributed by atoms with Crippen molar-refractivity contribution in [2.45, 2.75) is 18.9 Å². The SMILES string of the molecule is O=C(O)[C@@H]1CCCN1[NH+]([O-])NOCN1C(=O)c2ccccc2C1=O. The molecule has 2 aliphatic heterocycles. The van der Waals surface area contributed by atoms with Crippen molar-refractivity contribution in [3.63, 3.8) is 0 Å². The molecule has 2 aliphatic rings. The summed E-state index contributed by atoms with van der Waals surface area (Å²) in [5, 5.41) is 21.4. The number of aliphatic carboxylic acids is 1. The number of carboxylic acid groups (broad SMARTS) is 1. The standard InChI is InChI=1S/C14H16N4O6/c19-12-9-4-1-2-5-10(9)13(20)16(12)8-24-15-18(23)17-7-3-6-11(17)14(21)22/h1-2,4-5,11,15,18H,3,6-8H2,(H,21,22)/t11-/m0/s1. The quantitative estimate of drug-likeness (QED) is 0.424. The molecule has 0 radical (unpaired) electrons. The number of amides is 2. The summed E-state index contributed by atoms with van der Waals surface area (Å²) in [6.45, 7) is -0.150. The summed E-state index contributed by atoms with van der Waals surface area (Å²) in [5.74, 6) is -2.09. The first-order valence-corrected chi connectivity index (χ1v) is 7.37. The molecule has 0 aromatic heterocycles. The van der Waals surface area contributed by atoms with E-state index in [-0.39, 0.29) is 11.1 Å².